The Kier molecular flexibility index (Phi) is 8.10. The molecule has 0 heterocycles. The molecule has 0 amide bonds. The van der Waals surface area contributed by atoms with Crippen molar-refractivity contribution in [2.45, 2.75) is 10.8 Å². The van der Waals surface area contributed by atoms with Crippen molar-refractivity contribution in [3.63, 3.8) is 0 Å². The third-order valence-electron chi connectivity index (χ3n) is 14.3. The van der Waals surface area contributed by atoms with Crippen molar-refractivity contribution >= 4 is 27.8 Å². The van der Waals surface area contributed by atoms with Crippen molar-refractivity contribution in [3.05, 3.63) is 317 Å². The lowest BCUT2D eigenvalue weighted by atomic mass is 9.67. The van der Waals surface area contributed by atoms with E-state index >= 15 is 0 Å². The van der Waals surface area contributed by atoms with Crippen LogP contribution in [0.3, 0.4) is 0 Å². The maximum absolute atomic E-state index is 10.4. The second-order valence-electron chi connectivity index (χ2n) is 17.6. The Morgan fingerprint density at radius 1 is 0.313 bits per heavy atom. The molecule has 11 aromatic carbocycles. The van der Waals surface area contributed by atoms with Crippen molar-refractivity contribution in [3.8, 4) is 33.4 Å². The Balaban J connectivity index is 1.15. The summed E-state index contributed by atoms with van der Waals surface area (Å²) in [6.45, 7) is 0. The molecule has 0 unspecified atom stereocenters. The van der Waals surface area contributed by atoms with Gasteiger partial charge < -0.3 is 4.90 Å². The van der Waals surface area contributed by atoms with E-state index in [9.17, 15) is 5.48 Å². The van der Waals surface area contributed by atoms with Crippen LogP contribution in [-0.2, 0) is 10.8 Å². The fraction of sp³-hybridized carbons (Fsp3) is 0.0303. The number of rotatable bonds is 8. The molecule has 0 fully saturated rings. The van der Waals surface area contributed by atoms with Crippen LogP contribution in [0, 0.1) is 0 Å². The highest BCUT2D eigenvalue weighted by atomic mass is 15.1. The van der Waals surface area contributed by atoms with Crippen LogP contribution in [0.4, 0.5) is 17.1 Å². The molecule has 0 atom stereocenters. The standard InChI is InChI=1S/C66H45N/c1-5-24-48(25-6-1)65(49-26-7-2-8-27-49)61-37-17-15-34-57(61)59-41-39-53(44-63(59)65)67(52-32-19-23-47(43-52)56-36-20-22-46-21-13-14-33-55(46)56)54-40-42-60-58-35-16-18-38-62(58)66(64(60)45-54,50-28-9-3-10-29-50)51-30-11-4-12-31-51/h1-45H/i19D,23D,32D,43D. The normalized spacial score (nSPS) is 14.4. The van der Waals surface area contributed by atoms with Crippen LogP contribution in [0.15, 0.2) is 273 Å². The third-order valence-corrected chi connectivity index (χ3v) is 14.3. The maximum atomic E-state index is 10.4. The quantitative estimate of drug-likeness (QED) is 0.147. The number of hydrogen-bond donors (Lipinski definition) is 0. The van der Waals surface area contributed by atoms with Crippen molar-refractivity contribution < 1.29 is 5.48 Å². The minimum atomic E-state index is -0.723. The Hall–Kier alpha value is -8.52. The van der Waals surface area contributed by atoms with E-state index in [-0.39, 0.29) is 29.9 Å². The van der Waals surface area contributed by atoms with E-state index in [1.165, 1.54) is 11.1 Å². The monoisotopic (exact) mass is 855 g/mol. The molecule has 0 N–H and O–H groups in total. The van der Waals surface area contributed by atoms with E-state index in [1.54, 1.807) is 0 Å². The zero-order valence-corrected chi connectivity index (χ0v) is 36.6. The van der Waals surface area contributed by atoms with Gasteiger partial charge in [-0.2, -0.15) is 0 Å². The summed E-state index contributed by atoms with van der Waals surface area (Å²) in [4.78, 5) is 2.03. The molecule has 2 aliphatic rings. The molecule has 314 valence electrons. The third kappa shape index (κ3) is 5.81. The highest BCUT2D eigenvalue weighted by Gasteiger charge is 2.48. The van der Waals surface area contributed by atoms with Crippen LogP contribution in [0.2, 0.25) is 0 Å². The first-order chi connectivity index (χ1) is 34.9. The van der Waals surface area contributed by atoms with E-state index in [0.717, 1.165) is 77.8 Å². The molecule has 0 bridgehead atoms. The van der Waals surface area contributed by atoms with Gasteiger partial charge >= 0.3 is 0 Å². The summed E-state index contributed by atoms with van der Waals surface area (Å²) < 4.78 is 39.5. The summed E-state index contributed by atoms with van der Waals surface area (Å²) in [5, 5.41) is 1.85. The van der Waals surface area contributed by atoms with Gasteiger partial charge in [0, 0.05) is 17.1 Å². The van der Waals surface area contributed by atoms with Crippen molar-refractivity contribution in [2.24, 2.45) is 0 Å². The van der Waals surface area contributed by atoms with Crippen molar-refractivity contribution in [2.75, 3.05) is 4.90 Å². The van der Waals surface area contributed by atoms with Gasteiger partial charge in [-0.3, -0.25) is 0 Å². The summed E-state index contributed by atoms with van der Waals surface area (Å²) >= 11 is 0. The zero-order valence-electron chi connectivity index (χ0n) is 40.6. The predicted molar refractivity (Wildman–Crippen MR) is 279 cm³/mol. The van der Waals surface area contributed by atoms with E-state index in [4.69, 9.17) is 0 Å². The van der Waals surface area contributed by atoms with E-state index in [1.807, 2.05) is 47.4 Å². The van der Waals surface area contributed by atoms with E-state index in [2.05, 4.69) is 206 Å². The minimum Gasteiger partial charge on any atom is -0.310 e. The molecule has 0 saturated carbocycles. The number of nitrogens with zero attached hydrogens (tertiary/aromatic N) is 1. The molecule has 0 saturated heterocycles. The fourth-order valence-corrected chi connectivity index (χ4v) is 11.6. The smallest absolute Gasteiger partial charge is 0.0714 e. The molecule has 2 aliphatic carbocycles. The summed E-state index contributed by atoms with van der Waals surface area (Å²) in [6.07, 6.45) is 0. The average Bonchev–Trinajstić information content (AvgIpc) is 3.90. The topological polar surface area (TPSA) is 3.24 Å². The molecule has 0 aliphatic heterocycles. The predicted octanol–water partition coefficient (Wildman–Crippen LogP) is 16.7. The van der Waals surface area contributed by atoms with Crippen molar-refractivity contribution in [1.29, 1.82) is 0 Å². The number of anilines is 3. The van der Waals surface area contributed by atoms with Gasteiger partial charge in [-0.05, 0) is 125 Å². The summed E-state index contributed by atoms with van der Waals surface area (Å²) in [7, 11) is 0. The number of benzene rings is 11. The summed E-state index contributed by atoms with van der Waals surface area (Å²) in [6, 6.07) is 86.7. The van der Waals surface area contributed by atoms with E-state index in [0.29, 0.717) is 11.1 Å². The molecule has 1 nitrogen and oxygen atoms in total. The van der Waals surface area contributed by atoms with Crippen LogP contribution in [0.1, 0.15) is 50.0 Å². The van der Waals surface area contributed by atoms with Gasteiger partial charge in [-0.1, -0.05) is 237 Å². The lowest BCUT2D eigenvalue weighted by Crippen LogP contribution is -2.29. The van der Waals surface area contributed by atoms with Crippen LogP contribution in [0.5, 0.6) is 0 Å². The van der Waals surface area contributed by atoms with Gasteiger partial charge in [0.05, 0.1) is 16.3 Å². The SMILES string of the molecule is [2H]c1c([2H])c(-c2cccc3ccccc23)c([2H])c(N(c2ccc3c(c2)C(c2ccccc2)(c2ccccc2)c2ccccc2-3)c2ccc3c(c2)C(c2ccccc2)(c2ccccc2)c2ccccc2-3)c1[2H]. The molecule has 13 rings (SSSR count). The lowest BCUT2D eigenvalue weighted by molar-refractivity contribution is 0.767. The maximum Gasteiger partial charge on any atom is 0.0714 e. The van der Waals surface area contributed by atoms with Crippen LogP contribution < -0.4 is 4.90 Å². The molecular weight excluding hydrogens is 807 g/mol. The lowest BCUT2D eigenvalue weighted by Gasteiger charge is -2.36. The Morgan fingerprint density at radius 3 is 1.22 bits per heavy atom. The first-order valence-electron chi connectivity index (χ1n) is 25.0. The van der Waals surface area contributed by atoms with Crippen molar-refractivity contribution in [1.82, 2.24) is 0 Å². The van der Waals surface area contributed by atoms with Crippen LogP contribution >= 0.6 is 0 Å². The number of hydrogen-bond acceptors (Lipinski definition) is 1. The Labute approximate surface area is 398 Å². The molecule has 0 aromatic heterocycles. The molecule has 67 heavy (non-hydrogen) atoms. The van der Waals surface area contributed by atoms with Gasteiger partial charge in [-0.25, -0.2) is 0 Å². The Bertz CT molecular complexity index is 3610. The molecule has 11 aromatic rings. The molecular formula is C66H45N. The summed E-state index contributed by atoms with van der Waals surface area (Å²) in [5.41, 5.74) is 14.7. The molecule has 0 radical (unpaired) electrons. The molecule has 0 spiro atoms. The van der Waals surface area contributed by atoms with Crippen LogP contribution in [-0.4, -0.2) is 0 Å². The second-order valence-corrected chi connectivity index (χ2v) is 17.6. The Morgan fingerprint density at radius 2 is 0.716 bits per heavy atom. The average molecular weight is 856 g/mol. The minimum absolute atomic E-state index is 0.00897. The number of fused-ring (bicyclic) bond motifs is 7. The highest BCUT2D eigenvalue weighted by Crippen LogP contribution is 2.59. The summed E-state index contributed by atoms with van der Waals surface area (Å²) in [5.74, 6) is 0. The van der Waals surface area contributed by atoms with E-state index < -0.39 is 10.8 Å². The van der Waals surface area contributed by atoms with Gasteiger partial charge in [0.15, 0.2) is 0 Å². The zero-order chi connectivity index (χ0) is 47.8. The van der Waals surface area contributed by atoms with Crippen LogP contribution in [0.25, 0.3) is 44.2 Å². The first kappa shape index (κ1) is 34.8. The highest BCUT2D eigenvalue weighted by molar-refractivity contribution is 5.98. The van der Waals surface area contributed by atoms with Gasteiger partial charge in [-0.15, -0.1) is 0 Å². The van der Waals surface area contributed by atoms with Gasteiger partial charge in [0.2, 0.25) is 0 Å². The second kappa shape index (κ2) is 15.6. The van der Waals surface area contributed by atoms with Gasteiger partial charge in [0.1, 0.15) is 0 Å². The van der Waals surface area contributed by atoms with Gasteiger partial charge in [0.25, 0.3) is 0 Å². The largest absolute Gasteiger partial charge is 0.310 e. The molecule has 1 heteroatoms. The fourth-order valence-electron chi connectivity index (χ4n) is 11.6. The first-order valence-corrected chi connectivity index (χ1v) is 23.0.